The first-order valence-corrected chi connectivity index (χ1v) is 8.14. The Kier molecular flexibility index (Phi) is 4.59. The number of hydrogen-bond acceptors (Lipinski definition) is 5. The Balaban J connectivity index is 1.72. The van der Waals surface area contributed by atoms with Gasteiger partial charge in [-0.15, -0.1) is 11.3 Å². The van der Waals surface area contributed by atoms with Gasteiger partial charge in [0, 0.05) is 12.6 Å². The van der Waals surface area contributed by atoms with E-state index in [9.17, 15) is 4.79 Å². The Bertz CT molecular complexity index is 815. The van der Waals surface area contributed by atoms with Gasteiger partial charge in [-0.25, -0.2) is 4.98 Å². The normalized spacial score (nSPS) is 10.5. The lowest BCUT2D eigenvalue weighted by Gasteiger charge is -2.08. The predicted molar refractivity (Wildman–Crippen MR) is 91.9 cm³/mol. The molecule has 0 radical (unpaired) electrons. The van der Waals surface area contributed by atoms with Crippen molar-refractivity contribution in [3.63, 3.8) is 0 Å². The van der Waals surface area contributed by atoms with Gasteiger partial charge in [-0.2, -0.15) is 5.10 Å². The largest absolute Gasteiger partial charge is 0.377 e. The third-order valence-corrected chi connectivity index (χ3v) is 4.37. The molecule has 0 aliphatic carbocycles. The van der Waals surface area contributed by atoms with Crippen LogP contribution in [0.3, 0.4) is 0 Å². The lowest BCUT2D eigenvalue weighted by molar-refractivity contribution is 0.0963. The summed E-state index contributed by atoms with van der Waals surface area (Å²) in [5, 5.41) is 15.3. The van der Waals surface area contributed by atoms with E-state index in [0.29, 0.717) is 34.5 Å². The van der Waals surface area contributed by atoms with E-state index in [1.165, 1.54) is 0 Å². The van der Waals surface area contributed by atoms with Crippen molar-refractivity contribution in [2.75, 3.05) is 12.4 Å². The van der Waals surface area contributed by atoms with Gasteiger partial charge in [0.1, 0.15) is 5.82 Å². The maximum Gasteiger partial charge on any atom is 0.251 e. The van der Waals surface area contributed by atoms with Crippen LogP contribution in [0.5, 0.6) is 0 Å². The highest BCUT2D eigenvalue weighted by molar-refractivity contribution is 7.13. The van der Waals surface area contributed by atoms with Gasteiger partial charge in [0.05, 0.1) is 22.1 Å². The Labute approximate surface area is 141 Å². The molecule has 0 spiro atoms. The highest BCUT2D eigenvalue weighted by Gasteiger charge is 2.09. The van der Waals surface area contributed by atoms with E-state index in [4.69, 9.17) is 11.6 Å². The summed E-state index contributed by atoms with van der Waals surface area (Å²) >= 11 is 7.74. The maximum absolute atomic E-state index is 11.7. The van der Waals surface area contributed by atoms with Gasteiger partial charge in [-0.3, -0.25) is 9.89 Å². The number of carbonyl (C=O) groups excluding carboxylic acids is 1. The van der Waals surface area contributed by atoms with Crippen molar-refractivity contribution in [3.05, 3.63) is 52.1 Å². The highest BCUT2D eigenvalue weighted by Crippen LogP contribution is 2.24. The molecule has 0 saturated heterocycles. The molecule has 1 aromatic carbocycles. The maximum atomic E-state index is 11.7. The molecule has 0 saturated carbocycles. The molecule has 3 aromatic rings. The average Bonchev–Trinajstić information content (AvgIpc) is 3.24. The Hall–Kier alpha value is -2.38. The molecule has 0 unspecified atom stereocenters. The summed E-state index contributed by atoms with van der Waals surface area (Å²) in [6, 6.07) is 8.99. The van der Waals surface area contributed by atoms with Crippen LogP contribution in [-0.2, 0) is 6.54 Å². The van der Waals surface area contributed by atoms with E-state index in [-0.39, 0.29) is 5.91 Å². The number of halogens is 1. The smallest absolute Gasteiger partial charge is 0.251 e. The number of rotatable bonds is 5. The molecule has 23 heavy (non-hydrogen) atoms. The van der Waals surface area contributed by atoms with Crippen LogP contribution in [0, 0.1) is 0 Å². The number of carbonyl (C=O) groups is 1. The minimum atomic E-state index is -0.163. The zero-order valence-electron chi connectivity index (χ0n) is 12.3. The van der Waals surface area contributed by atoms with Gasteiger partial charge in [0.15, 0.2) is 5.82 Å². The van der Waals surface area contributed by atoms with Crippen LogP contribution in [0.15, 0.2) is 35.7 Å². The van der Waals surface area contributed by atoms with Crippen molar-refractivity contribution in [2.45, 2.75) is 6.54 Å². The molecular weight excluding hydrogens is 334 g/mol. The Morgan fingerprint density at radius 3 is 3.00 bits per heavy atom. The van der Waals surface area contributed by atoms with Gasteiger partial charge in [-0.05, 0) is 29.6 Å². The molecule has 0 aliphatic heterocycles. The molecule has 8 heteroatoms. The van der Waals surface area contributed by atoms with Crippen LogP contribution in [-0.4, -0.2) is 28.1 Å². The lowest BCUT2D eigenvalue weighted by Crippen LogP contribution is -2.17. The minimum absolute atomic E-state index is 0.163. The molecule has 0 fully saturated rings. The van der Waals surface area contributed by atoms with E-state index in [1.54, 1.807) is 36.6 Å². The summed E-state index contributed by atoms with van der Waals surface area (Å²) in [6.45, 7) is 0.426. The van der Waals surface area contributed by atoms with Crippen LogP contribution in [0.25, 0.3) is 10.7 Å². The number of benzene rings is 1. The second kappa shape index (κ2) is 6.80. The number of aromatic nitrogens is 3. The molecule has 0 bridgehead atoms. The van der Waals surface area contributed by atoms with Gasteiger partial charge in [-0.1, -0.05) is 17.7 Å². The summed E-state index contributed by atoms with van der Waals surface area (Å²) < 4.78 is 0. The fourth-order valence-electron chi connectivity index (χ4n) is 2.02. The zero-order valence-corrected chi connectivity index (χ0v) is 13.8. The van der Waals surface area contributed by atoms with Crippen LogP contribution in [0.4, 0.5) is 5.69 Å². The SMILES string of the molecule is CNC(=O)c1ccc(Cl)c(NCc2nc(-c3cccs3)n[nH]2)c1. The van der Waals surface area contributed by atoms with Gasteiger partial charge in [0.2, 0.25) is 0 Å². The molecule has 118 valence electrons. The van der Waals surface area contributed by atoms with Crippen molar-refractivity contribution in [1.29, 1.82) is 0 Å². The number of anilines is 1. The molecule has 0 aliphatic rings. The van der Waals surface area contributed by atoms with E-state index >= 15 is 0 Å². The Morgan fingerprint density at radius 2 is 2.26 bits per heavy atom. The number of aromatic amines is 1. The summed E-state index contributed by atoms with van der Waals surface area (Å²) in [4.78, 5) is 17.1. The molecule has 0 atom stereocenters. The van der Waals surface area contributed by atoms with E-state index < -0.39 is 0 Å². The first-order chi connectivity index (χ1) is 11.2. The van der Waals surface area contributed by atoms with E-state index in [1.807, 2.05) is 17.5 Å². The molecular formula is C15H14ClN5OS. The van der Waals surface area contributed by atoms with Crippen LogP contribution in [0.1, 0.15) is 16.2 Å². The number of amides is 1. The van der Waals surface area contributed by atoms with E-state index in [0.717, 1.165) is 4.88 Å². The number of thiophene rings is 1. The van der Waals surface area contributed by atoms with Gasteiger partial charge >= 0.3 is 0 Å². The number of hydrogen-bond donors (Lipinski definition) is 3. The lowest BCUT2D eigenvalue weighted by atomic mass is 10.2. The summed E-state index contributed by atoms with van der Waals surface area (Å²) in [5.41, 5.74) is 1.21. The first kappa shape index (κ1) is 15.5. The zero-order chi connectivity index (χ0) is 16.2. The van der Waals surface area contributed by atoms with Gasteiger partial charge < -0.3 is 10.6 Å². The first-order valence-electron chi connectivity index (χ1n) is 6.88. The Morgan fingerprint density at radius 1 is 1.39 bits per heavy atom. The predicted octanol–water partition coefficient (Wildman–Crippen LogP) is 3.16. The standard InChI is InChI=1S/C15H14ClN5OS/c1-17-15(22)9-4-5-10(16)11(7-9)18-8-13-19-14(21-20-13)12-3-2-6-23-12/h2-7,18H,8H2,1H3,(H,17,22)(H,19,20,21). The molecule has 2 heterocycles. The summed E-state index contributed by atoms with van der Waals surface area (Å²) in [7, 11) is 1.59. The second-order valence-corrected chi connectivity index (χ2v) is 6.07. The number of nitrogens with zero attached hydrogens (tertiary/aromatic N) is 2. The second-order valence-electron chi connectivity index (χ2n) is 4.71. The summed E-state index contributed by atoms with van der Waals surface area (Å²) in [6.07, 6.45) is 0. The third kappa shape index (κ3) is 3.52. The number of H-pyrrole nitrogens is 1. The fraction of sp³-hybridized carbons (Fsp3) is 0.133. The third-order valence-electron chi connectivity index (χ3n) is 3.18. The van der Waals surface area contributed by atoms with Crippen molar-refractivity contribution in [3.8, 4) is 10.7 Å². The summed E-state index contributed by atoms with van der Waals surface area (Å²) in [5.74, 6) is 1.20. The van der Waals surface area contributed by atoms with Crippen LogP contribution in [0.2, 0.25) is 5.02 Å². The topological polar surface area (TPSA) is 82.7 Å². The fourth-order valence-corrected chi connectivity index (χ4v) is 2.86. The quantitative estimate of drug-likeness (QED) is 0.662. The average molecular weight is 348 g/mol. The molecule has 1 amide bonds. The van der Waals surface area contributed by atoms with Crippen molar-refractivity contribution >= 4 is 34.5 Å². The highest BCUT2D eigenvalue weighted by atomic mass is 35.5. The van der Waals surface area contributed by atoms with E-state index in [2.05, 4.69) is 25.8 Å². The molecule has 3 rings (SSSR count). The molecule has 6 nitrogen and oxygen atoms in total. The van der Waals surface area contributed by atoms with Crippen molar-refractivity contribution in [2.24, 2.45) is 0 Å². The monoisotopic (exact) mass is 347 g/mol. The molecule has 3 N–H and O–H groups in total. The van der Waals surface area contributed by atoms with Crippen LogP contribution >= 0.6 is 22.9 Å². The number of nitrogens with one attached hydrogen (secondary N) is 3. The van der Waals surface area contributed by atoms with Crippen LogP contribution < -0.4 is 10.6 Å². The molecule has 2 aromatic heterocycles. The minimum Gasteiger partial charge on any atom is -0.377 e. The van der Waals surface area contributed by atoms with Gasteiger partial charge in [0.25, 0.3) is 5.91 Å². The van der Waals surface area contributed by atoms with Crippen molar-refractivity contribution in [1.82, 2.24) is 20.5 Å². The van der Waals surface area contributed by atoms with Crippen molar-refractivity contribution < 1.29 is 4.79 Å².